The number of nitrogens with one attached hydrogen (secondary N) is 1. The van der Waals surface area contributed by atoms with Crippen molar-refractivity contribution in [3.05, 3.63) is 12.2 Å². The van der Waals surface area contributed by atoms with Gasteiger partial charge >= 0.3 is 0 Å². The van der Waals surface area contributed by atoms with Gasteiger partial charge in [0.15, 0.2) is 6.29 Å². The highest BCUT2D eigenvalue weighted by atomic mass is 16.7. The molecule has 0 aromatic carbocycles. The van der Waals surface area contributed by atoms with Gasteiger partial charge in [-0.15, -0.1) is 0 Å². The van der Waals surface area contributed by atoms with Gasteiger partial charge in [0.2, 0.25) is 5.91 Å². The number of allylic oxidation sites excluding steroid dienone is 1. The van der Waals surface area contributed by atoms with Crippen LogP contribution in [0.2, 0.25) is 0 Å². The smallest absolute Gasteiger partial charge is 0.220 e. The highest BCUT2D eigenvalue weighted by Crippen LogP contribution is 2.23. The van der Waals surface area contributed by atoms with Gasteiger partial charge in [-0.05, 0) is 19.3 Å². The van der Waals surface area contributed by atoms with Crippen LogP contribution < -0.4 is 5.32 Å². The molecule has 9 nitrogen and oxygen atoms in total. The third-order valence-electron chi connectivity index (χ3n) is 14.4. The second kappa shape index (κ2) is 48.6. The summed E-state index contributed by atoms with van der Waals surface area (Å²) in [5.41, 5.74) is 0. The molecule has 7 atom stereocenters. The Morgan fingerprint density at radius 1 is 0.493 bits per heavy atom. The molecule has 1 fully saturated rings. The molecule has 0 aliphatic carbocycles. The van der Waals surface area contributed by atoms with Crippen molar-refractivity contribution >= 4 is 5.91 Å². The van der Waals surface area contributed by atoms with Gasteiger partial charge in [0.1, 0.15) is 24.4 Å². The summed E-state index contributed by atoms with van der Waals surface area (Å²) in [5, 5.41) is 54.5. The summed E-state index contributed by atoms with van der Waals surface area (Å²) in [5.74, 6) is -0.170. The summed E-state index contributed by atoms with van der Waals surface area (Å²) >= 11 is 0. The first-order valence-corrected chi connectivity index (χ1v) is 29.4. The summed E-state index contributed by atoms with van der Waals surface area (Å²) in [4.78, 5) is 13.0. The van der Waals surface area contributed by atoms with E-state index in [0.717, 1.165) is 38.5 Å². The van der Waals surface area contributed by atoms with E-state index in [4.69, 9.17) is 9.47 Å². The second-order valence-corrected chi connectivity index (χ2v) is 20.8. The van der Waals surface area contributed by atoms with Crippen LogP contribution in [-0.2, 0) is 14.3 Å². The predicted molar refractivity (Wildman–Crippen MR) is 281 cm³/mol. The molecule has 7 unspecified atom stereocenters. The lowest BCUT2D eigenvalue weighted by Crippen LogP contribution is -2.60. The van der Waals surface area contributed by atoms with Crippen molar-refractivity contribution in [2.75, 3.05) is 13.2 Å². The van der Waals surface area contributed by atoms with Crippen LogP contribution in [0, 0.1) is 0 Å². The number of rotatable bonds is 51. The maximum absolute atomic E-state index is 13.0. The first kappa shape index (κ1) is 63.9. The third-order valence-corrected chi connectivity index (χ3v) is 14.4. The maximum Gasteiger partial charge on any atom is 0.220 e. The van der Waals surface area contributed by atoms with Crippen LogP contribution in [0.5, 0.6) is 0 Å². The van der Waals surface area contributed by atoms with E-state index < -0.39 is 49.5 Å². The van der Waals surface area contributed by atoms with Crippen molar-refractivity contribution in [2.24, 2.45) is 0 Å². The zero-order valence-electron chi connectivity index (χ0n) is 44.2. The Kier molecular flexibility index (Phi) is 46.3. The van der Waals surface area contributed by atoms with Gasteiger partial charge in [0.05, 0.1) is 25.4 Å². The van der Waals surface area contributed by atoms with E-state index >= 15 is 0 Å². The van der Waals surface area contributed by atoms with Crippen molar-refractivity contribution in [1.29, 1.82) is 0 Å². The highest BCUT2D eigenvalue weighted by molar-refractivity contribution is 5.76. The van der Waals surface area contributed by atoms with Gasteiger partial charge in [-0.25, -0.2) is 0 Å². The molecule has 67 heavy (non-hydrogen) atoms. The standard InChI is InChI=1S/C58H113NO8/c1-3-5-7-9-11-13-15-17-19-21-22-23-24-25-26-27-28-29-30-31-32-34-36-38-40-42-44-46-48-54(62)59-51(50-66-58-57(65)56(64)55(63)53(49-60)67-58)52(61)47-45-43-41-39-37-35-33-20-18-16-14-12-10-8-6-4-2/h45,47,51-53,55-58,60-61,63-65H,3-44,46,48-50H2,1-2H3,(H,59,62)/b47-45+. The topological polar surface area (TPSA) is 149 Å². The lowest BCUT2D eigenvalue weighted by atomic mass is 9.99. The summed E-state index contributed by atoms with van der Waals surface area (Å²) < 4.78 is 11.3. The molecule has 0 radical (unpaired) electrons. The fourth-order valence-electron chi connectivity index (χ4n) is 9.69. The van der Waals surface area contributed by atoms with E-state index in [1.807, 2.05) is 6.08 Å². The van der Waals surface area contributed by atoms with Crippen molar-refractivity contribution in [2.45, 2.75) is 339 Å². The Morgan fingerprint density at radius 3 is 1.16 bits per heavy atom. The summed E-state index contributed by atoms with van der Waals surface area (Å²) in [7, 11) is 0. The van der Waals surface area contributed by atoms with Crippen molar-refractivity contribution in [3.63, 3.8) is 0 Å². The first-order valence-electron chi connectivity index (χ1n) is 29.4. The number of hydrogen-bond acceptors (Lipinski definition) is 8. The van der Waals surface area contributed by atoms with Gasteiger partial charge < -0.3 is 40.3 Å². The van der Waals surface area contributed by atoms with Crippen molar-refractivity contribution < 1.29 is 39.8 Å². The number of carbonyl (C=O) groups is 1. The number of aliphatic hydroxyl groups excluding tert-OH is 5. The number of amides is 1. The number of hydrogen-bond donors (Lipinski definition) is 6. The lowest BCUT2D eigenvalue weighted by molar-refractivity contribution is -0.302. The van der Waals surface area contributed by atoms with Gasteiger partial charge in [-0.1, -0.05) is 283 Å². The number of aliphatic hydroxyl groups is 5. The van der Waals surface area contributed by atoms with E-state index in [9.17, 15) is 30.3 Å². The predicted octanol–water partition coefficient (Wildman–Crippen LogP) is 14.4. The normalized spacial score (nSPS) is 19.7. The quantitative estimate of drug-likeness (QED) is 0.0261. The number of unbranched alkanes of at least 4 members (excludes halogenated alkanes) is 41. The van der Waals surface area contributed by atoms with Crippen molar-refractivity contribution in [3.8, 4) is 0 Å². The summed E-state index contributed by atoms with van der Waals surface area (Å²) in [6, 6.07) is -0.800. The molecular weight excluding hydrogens is 839 g/mol. The molecular formula is C58H113NO8. The SMILES string of the molecule is CCCCCCCCCCCCCCCC/C=C/C(O)C(COC1OC(CO)C(O)C(O)C1O)NC(=O)CCCCCCCCCCCCCCCCCCCCCCCCCCCCCC. The second-order valence-electron chi connectivity index (χ2n) is 20.8. The van der Waals surface area contributed by atoms with Crippen molar-refractivity contribution in [1.82, 2.24) is 5.32 Å². The molecule has 0 bridgehead atoms. The fraction of sp³-hybridized carbons (Fsp3) is 0.948. The minimum Gasteiger partial charge on any atom is -0.394 e. The number of carbonyl (C=O) groups excluding carboxylic acids is 1. The Hall–Kier alpha value is -1.07. The third kappa shape index (κ3) is 38.3. The van der Waals surface area contributed by atoms with Gasteiger partial charge in [0.25, 0.3) is 0 Å². The van der Waals surface area contributed by atoms with Crippen LogP contribution in [0.3, 0.4) is 0 Å². The minimum absolute atomic E-state index is 0.170. The molecule has 6 N–H and O–H groups in total. The summed E-state index contributed by atoms with van der Waals surface area (Å²) in [6.45, 7) is 3.82. The zero-order valence-corrected chi connectivity index (χ0v) is 44.2. The lowest BCUT2D eigenvalue weighted by Gasteiger charge is -2.40. The first-order chi connectivity index (χ1) is 32.8. The van der Waals surface area contributed by atoms with Crippen LogP contribution in [-0.4, -0.2) is 87.5 Å². The van der Waals surface area contributed by atoms with Crippen LogP contribution in [0.25, 0.3) is 0 Å². The van der Waals surface area contributed by atoms with Gasteiger partial charge in [-0.3, -0.25) is 4.79 Å². The average Bonchev–Trinajstić information content (AvgIpc) is 3.33. The Morgan fingerprint density at radius 2 is 0.821 bits per heavy atom. The molecule has 1 aliphatic rings. The van der Waals surface area contributed by atoms with E-state index in [2.05, 4.69) is 19.2 Å². The van der Waals surface area contributed by atoms with E-state index in [-0.39, 0.29) is 12.5 Å². The van der Waals surface area contributed by atoms with Gasteiger partial charge in [0, 0.05) is 6.42 Å². The molecule has 1 amide bonds. The maximum atomic E-state index is 13.0. The summed E-state index contributed by atoms with van der Waals surface area (Å²) in [6.07, 6.45) is 52.9. The minimum atomic E-state index is -1.56. The molecule has 1 rings (SSSR count). The largest absolute Gasteiger partial charge is 0.394 e. The van der Waals surface area contributed by atoms with E-state index in [0.29, 0.717) is 6.42 Å². The van der Waals surface area contributed by atoms with E-state index in [1.54, 1.807) is 6.08 Å². The Labute approximate surface area is 414 Å². The van der Waals surface area contributed by atoms with Crippen LogP contribution in [0.1, 0.15) is 296 Å². The molecule has 0 aromatic heterocycles. The van der Waals surface area contributed by atoms with E-state index in [1.165, 1.54) is 238 Å². The van der Waals surface area contributed by atoms with Gasteiger partial charge in [-0.2, -0.15) is 0 Å². The number of ether oxygens (including phenoxy) is 2. The Balaban J connectivity index is 2.16. The molecule has 1 saturated heterocycles. The zero-order chi connectivity index (χ0) is 48.7. The average molecular weight is 953 g/mol. The molecule has 0 spiro atoms. The highest BCUT2D eigenvalue weighted by Gasteiger charge is 2.44. The molecule has 398 valence electrons. The van der Waals surface area contributed by atoms with Crippen LogP contribution in [0.4, 0.5) is 0 Å². The molecule has 1 heterocycles. The van der Waals surface area contributed by atoms with Crippen LogP contribution >= 0.6 is 0 Å². The molecule has 0 aromatic rings. The molecule has 0 saturated carbocycles. The molecule has 1 aliphatic heterocycles. The fourth-order valence-corrected chi connectivity index (χ4v) is 9.69. The monoisotopic (exact) mass is 952 g/mol. The Bertz CT molecular complexity index is 1060. The van der Waals surface area contributed by atoms with Crippen LogP contribution in [0.15, 0.2) is 12.2 Å². The molecule has 9 heteroatoms.